The fourth-order valence-electron chi connectivity index (χ4n) is 4.30. The third kappa shape index (κ3) is 4.33. The first kappa shape index (κ1) is 23.2. The van der Waals surface area contributed by atoms with E-state index >= 15 is 0 Å². The molecule has 1 saturated heterocycles. The molecule has 1 N–H and O–H groups in total. The number of benzene rings is 2. The molecule has 5 rings (SSSR count). The number of thiocarbonyl (C=S) groups is 1. The number of halogens is 1. The highest BCUT2D eigenvalue weighted by Gasteiger charge is 2.43. The van der Waals surface area contributed by atoms with E-state index < -0.39 is 0 Å². The molecule has 0 bridgehead atoms. The van der Waals surface area contributed by atoms with Crippen LogP contribution in [0, 0.1) is 6.92 Å². The Labute approximate surface area is 214 Å². The molecule has 1 fully saturated rings. The van der Waals surface area contributed by atoms with Crippen LogP contribution in [-0.4, -0.2) is 24.3 Å². The Morgan fingerprint density at radius 1 is 1.03 bits per heavy atom. The van der Waals surface area contributed by atoms with E-state index in [-0.39, 0.29) is 12.1 Å². The molecule has 2 aromatic heterocycles. The lowest BCUT2D eigenvalue weighted by Crippen LogP contribution is -2.29. The first-order valence-corrected chi connectivity index (χ1v) is 11.9. The summed E-state index contributed by atoms with van der Waals surface area (Å²) in [5.74, 6) is 2.80. The van der Waals surface area contributed by atoms with Gasteiger partial charge in [0.05, 0.1) is 31.6 Å². The summed E-state index contributed by atoms with van der Waals surface area (Å²) in [5.41, 5.74) is 3.53. The van der Waals surface area contributed by atoms with Gasteiger partial charge in [0, 0.05) is 22.8 Å². The highest BCUT2D eigenvalue weighted by molar-refractivity contribution is 7.80. The molecule has 0 amide bonds. The van der Waals surface area contributed by atoms with Crippen LogP contribution in [0.25, 0.3) is 11.3 Å². The summed E-state index contributed by atoms with van der Waals surface area (Å²) in [6, 6.07) is 20.7. The number of anilines is 1. The summed E-state index contributed by atoms with van der Waals surface area (Å²) in [5, 5.41) is 4.67. The van der Waals surface area contributed by atoms with Crippen molar-refractivity contribution >= 4 is 34.6 Å². The van der Waals surface area contributed by atoms with Gasteiger partial charge in [-0.25, -0.2) is 0 Å². The van der Waals surface area contributed by atoms with E-state index in [1.807, 2.05) is 78.6 Å². The number of pyridine rings is 1. The number of aromatic nitrogens is 1. The summed E-state index contributed by atoms with van der Waals surface area (Å²) in [4.78, 5) is 6.60. The molecule has 35 heavy (non-hydrogen) atoms. The van der Waals surface area contributed by atoms with E-state index in [9.17, 15) is 0 Å². The fraction of sp³-hybridized carbons (Fsp3) is 0.185. The van der Waals surface area contributed by atoms with Crippen LogP contribution in [-0.2, 0) is 0 Å². The second-order valence-electron chi connectivity index (χ2n) is 8.20. The maximum atomic E-state index is 6.43. The van der Waals surface area contributed by atoms with Crippen LogP contribution < -0.4 is 19.7 Å². The van der Waals surface area contributed by atoms with Gasteiger partial charge in [-0.05, 0) is 67.2 Å². The Morgan fingerprint density at radius 3 is 2.60 bits per heavy atom. The first-order valence-electron chi connectivity index (χ1n) is 11.1. The summed E-state index contributed by atoms with van der Waals surface area (Å²) >= 11 is 12.2. The zero-order chi connectivity index (χ0) is 24.5. The summed E-state index contributed by atoms with van der Waals surface area (Å²) in [6.07, 6.45) is 1.77. The quantitative estimate of drug-likeness (QED) is 0.300. The van der Waals surface area contributed by atoms with Crippen molar-refractivity contribution < 1.29 is 13.9 Å². The van der Waals surface area contributed by atoms with Gasteiger partial charge in [-0.3, -0.25) is 4.98 Å². The minimum atomic E-state index is -0.326. The third-order valence-electron chi connectivity index (χ3n) is 6.12. The van der Waals surface area contributed by atoms with Crippen LogP contribution in [0.3, 0.4) is 0 Å². The second-order valence-corrected chi connectivity index (χ2v) is 8.99. The van der Waals surface area contributed by atoms with Crippen LogP contribution in [0.5, 0.6) is 11.5 Å². The molecule has 0 spiro atoms. The SMILES string of the molecule is COc1ccc(OC)c(N2C(=S)N[C@@H](c3ccccn3)[C@H]2c2ccc(-c3ccc(C)c(Cl)c3)o2)c1. The van der Waals surface area contributed by atoms with Gasteiger partial charge in [-0.15, -0.1) is 0 Å². The molecule has 0 radical (unpaired) electrons. The molecular formula is C27H24ClN3O3S. The standard InChI is InChI=1S/C27H24ClN3O3S/c1-16-7-8-17(14-19(16)28)22-11-12-24(34-22)26-25(20-6-4-5-13-29-20)30-27(35)31(26)21-15-18(32-2)9-10-23(21)33-3/h4-15,25-26H,1-3H3,(H,30,35)/t25-,26+/m0/s1. The Bertz CT molecular complexity index is 1380. The van der Waals surface area contributed by atoms with Gasteiger partial charge in [0.25, 0.3) is 0 Å². The van der Waals surface area contributed by atoms with Crippen molar-refractivity contribution in [2.24, 2.45) is 0 Å². The van der Waals surface area contributed by atoms with Crippen molar-refractivity contribution in [3.05, 3.63) is 95.0 Å². The highest BCUT2D eigenvalue weighted by atomic mass is 35.5. The molecule has 6 nitrogen and oxygen atoms in total. The predicted octanol–water partition coefficient (Wildman–Crippen LogP) is 6.50. The number of ether oxygens (including phenoxy) is 2. The number of nitrogens with zero attached hydrogens (tertiary/aromatic N) is 2. The molecule has 2 atom stereocenters. The number of hydrogen-bond donors (Lipinski definition) is 1. The number of hydrogen-bond acceptors (Lipinski definition) is 5. The topological polar surface area (TPSA) is 59.8 Å². The molecule has 2 aromatic carbocycles. The van der Waals surface area contributed by atoms with Gasteiger partial charge in [-0.1, -0.05) is 29.8 Å². The summed E-state index contributed by atoms with van der Waals surface area (Å²) < 4.78 is 17.6. The van der Waals surface area contributed by atoms with E-state index in [2.05, 4.69) is 10.3 Å². The summed E-state index contributed by atoms with van der Waals surface area (Å²) in [7, 11) is 3.26. The van der Waals surface area contributed by atoms with Crippen molar-refractivity contribution in [2.45, 2.75) is 19.0 Å². The summed E-state index contributed by atoms with van der Waals surface area (Å²) in [6.45, 7) is 1.97. The van der Waals surface area contributed by atoms with Crippen LogP contribution in [0.2, 0.25) is 5.02 Å². The lowest BCUT2D eigenvalue weighted by atomic mass is 10.0. The molecule has 0 saturated carbocycles. The van der Waals surface area contributed by atoms with Crippen molar-refractivity contribution in [3.8, 4) is 22.8 Å². The molecule has 1 aliphatic heterocycles. The number of methoxy groups -OCH3 is 2. The number of aryl methyl sites for hydroxylation is 1. The average Bonchev–Trinajstić information content (AvgIpc) is 3.50. The number of rotatable bonds is 6. The largest absolute Gasteiger partial charge is 0.497 e. The van der Waals surface area contributed by atoms with Crippen LogP contribution in [0.15, 0.2) is 77.3 Å². The zero-order valence-corrected chi connectivity index (χ0v) is 21.1. The van der Waals surface area contributed by atoms with Gasteiger partial charge in [0.1, 0.15) is 29.1 Å². The van der Waals surface area contributed by atoms with E-state index in [0.29, 0.717) is 21.6 Å². The lowest BCUT2D eigenvalue weighted by Gasteiger charge is -2.27. The van der Waals surface area contributed by atoms with Crippen molar-refractivity contribution in [2.75, 3.05) is 19.1 Å². The highest BCUT2D eigenvalue weighted by Crippen LogP contribution is 2.46. The molecule has 8 heteroatoms. The monoisotopic (exact) mass is 505 g/mol. The van der Waals surface area contributed by atoms with Gasteiger partial charge in [0.2, 0.25) is 0 Å². The van der Waals surface area contributed by atoms with Crippen LogP contribution >= 0.6 is 23.8 Å². The predicted molar refractivity (Wildman–Crippen MR) is 141 cm³/mol. The van der Waals surface area contributed by atoms with Crippen molar-refractivity contribution in [1.29, 1.82) is 0 Å². The second kappa shape index (κ2) is 9.60. The first-order chi connectivity index (χ1) is 17.0. The van der Waals surface area contributed by atoms with Crippen molar-refractivity contribution in [3.63, 3.8) is 0 Å². The average molecular weight is 506 g/mol. The van der Waals surface area contributed by atoms with Crippen LogP contribution in [0.1, 0.15) is 29.1 Å². The maximum absolute atomic E-state index is 6.43. The van der Waals surface area contributed by atoms with Gasteiger partial charge in [-0.2, -0.15) is 0 Å². The molecule has 1 aliphatic rings. The molecule has 4 aromatic rings. The Kier molecular flexibility index (Phi) is 6.36. The zero-order valence-electron chi connectivity index (χ0n) is 19.5. The van der Waals surface area contributed by atoms with Crippen molar-refractivity contribution in [1.82, 2.24) is 10.3 Å². The van der Waals surface area contributed by atoms with E-state index in [1.54, 1.807) is 20.4 Å². The molecular weight excluding hydrogens is 482 g/mol. The lowest BCUT2D eigenvalue weighted by molar-refractivity contribution is 0.400. The van der Waals surface area contributed by atoms with Gasteiger partial charge in [0.15, 0.2) is 5.11 Å². The fourth-order valence-corrected chi connectivity index (χ4v) is 4.82. The minimum Gasteiger partial charge on any atom is -0.497 e. The molecule has 0 unspecified atom stereocenters. The number of nitrogens with one attached hydrogen (secondary N) is 1. The Hall–Kier alpha value is -3.55. The normalized spacial score (nSPS) is 17.4. The molecule has 0 aliphatic carbocycles. The smallest absolute Gasteiger partial charge is 0.174 e. The molecule has 3 heterocycles. The number of furan rings is 1. The van der Waals surface area contributed by atoms with E-state index in [1.165, 1.54) is 0 Å². The minimum absolute atomic E-state index is 0.250. The van der Waals surface area contributed by atoms with Gasteiger partial charge >= 0.3 is 0 Å². The maximum Gasteiger partial charge on any atom is 0.174 e. The van der Waals surface area contributed by atoms with E-state index in [4.69, 9.17) is 37.7 Å². The third-order valence-corrected chi connectivity index (χ3v) is 6.84. The van der Waals surface area contributed by atoms with E-state index in [0.717, 1.165) is 34.0 Å². The Morgan fingerprint density at radius 2 is 1.89 bits per heavy atom. The van der Waals surface area contributed by atoms with Gasteiger partial charge < -0.3 is 24.1 Å². The Balaban J connectivity index is 1.64. The van der Waals surface area contributed by atoms with Crippen LogP contribution in [0.4, 0.5) is 5.69 Å². The molecule has 178 valence electrons.